The Hall–Kier alpha value is -1.40. The molecule has 122 valence electrons. The van der Waals surface area contributed by atoms with Crippen molar-refractivity contribution in [1.29, 1.82) is 0 Å². The Kier molecular flexibility index (Phi) is 5.25. The molecule has 0 aromatic heterocycles. The van der Waals surface area contributed by atoms with Crippen molar-refractivity contribution in [3.63, 3.8) is 0 Å². The molecule has 0 saturated carbocycles. The van der Waals surface area contributed by atoms with E-state index in [0.29, 0.717) is 12.1 Å². The molecule has 0 spiro atoms. The zero-order chi connectivity index (χ0) is 17.3. The summed E-state index contributed by atoms with van der Waals surface area (Å²) < 4.78 is 16.5. The van der Waals surface area contributed by atoms with Crippen molar-refractivity contribution in [2.75, 3.05) is 6.54 Å². The highest BCUT2D eigenvalue weighted by molar-refractivity contribution is 14.1. The highest BCUT2D eigenvalue weighted by Crippen LogP contribution is 2.43. The molecule has 0 amide bonds. The Morgan fingerprint density at radius 3 is 2.46 bits per heavy atom. The maximum Gasteiger partial charge on any atom is 0.133 e. The lowest BCUT2D eigenvalue weighted by atomic mass is 9.94. The molecule has 3 rings (SSSR count). The molecule has 0 fully saturated rings. The van der Waals surface area contributed by atoms with E-state index < -0.39 is 0 Å². The van der Waals surface area contributed by atoms with Crippen LogP contribution >= 0.6 is 38.5 Å². The van der Waals surface area contributed by atoms with Crippen LogP contribution in [-0.4, -0.2) is 11.4 Å². The van der Waals surface area contributed by atoms with Crippen molar-refractivity contribution < 1.29 is 4.39 Å². The van der Waals surface area contributed by atoms with E-state index in [1.165, 1.54) is 6.07 Å². The molecule has 0 N–H and O–H groups in total. The molecule has 0 saturated heterocycles. The average molecular weight is 496 g/mol. The fraction of sp³-hybridized carbons (Fsp3) is 0.100. The van der Waals surface area contributed by atoms with Crippen molar-refractivity contribution in [1.82, 2.24) is 4.90 Å². The molecule has 0 atom stereocenters. The second-order valence-corrected chi connectivity index (χ2v) is 7.42. The van der Waals surface area contributed by atoms with Crippen LogP contribution in [0.15, 0.2) is 74.9 Å². The summed E-state index contributed by atoms with van der Waals surface area (Å²) in [5.74, 6) is -0.246. The van der Waals surface area contributed by atoms with Crippen molar-refractivity contribution in [2.24, 2.45) is 0 Å². The van der Waals surface area contributed by atoms with Gasteiger partial charge in [-0.25, -0.2) is 4.39 Å². The van der Waals surface area contributed by atoms with E-state index in [-0.39, 0.29) is 5.82 Å². The fourth-order valence-corrected chi connectivity index (χ4v) is 4.00. The van der Waals surface area contributed by atoms with Gasteiger partial charge in [0.1, 0.15) is 5.82 Å². The summed E-state index contributed by atoms with van der Waals surface area (Å²) in [6, 6.07) is 15.1. The SMILES string of the molecule is C=C1C(I)=CC(c2ccccc2)=C(c2c(F)cccc2Br)N1CC. The van der Waals surface area contributed by atoms with Crippen LogP contribution in [0, 0.1) is 5.82 Å². The van der Waals surface area contributed by atoms with Crippen LogP contribution in [0.1, 0.15) is 18.1 Å². The number of halogens is 3. The summed E-state index contributed by atoms with van der Waals surface area (Å²) in [4.78, 5) is 2.08. The quantitative estimate of drug-likeness (QED) is 0.432. The molecule has 0 radical (unpaired) electrons. The van der Waals surface area contributed by atoms with Crippen molar-refractivity contribution >= 4 is 49.8 Å². The summed E-state index contributed by atoms with van der Waals surface area (Å²) in [6.45, 7) is 6.96. The number of nitrogens with zero attached hydrogens (tertiary/aromatic N) is 1. The molecule has 2 aromatic rings. The number of hydrogen-bond acceptors (Lipinski definition) is 1. The molecular formula is C20H16BrFIN. The molecule has 0 bridgehead atoms. The van der Waals surface area contributed by atoms with Crippen LogP contribution < -0.4 is 0 Å². The van der Waals surface area contributed by atoms with Crippen LogP contribution in [0.4, 0.5) is 4.39 Å². The Labute approximate surface area is 163 Å². The predicted molar refractivity (Wildman–Crippen MR) is 111 cm³/mol. The topological polar surface area (TPSA) is 3.24 Å². The van der Waals surface area contributed by atoms with Crippen LogP contribution in [-0.2, 0) is 0 Å². The van der Waals surface area contributed by atoms with Gasteiger partial charge in [-0.15, -0.1) is 0 Å². The molecule has 24 heavy (non-hydrogen) atoms. The van der Waals surface area contributed by atoms with E-state index in [2.05, 4.69) is 63.0 Å². The normalized spacial score (nSPS) is 14.9. The minimum Gasteiger partial charge on any atom is -0.340 e. The number of rotatable bonds is 3. The van der Waals surface area contributed by atoms with E-state index in [0.717, 1.165) is 30.6 Å². The molecule has 4 heteroatoms. The van der Waals surface area contributed by atoms with Gasteiger partial charge in [0, 0.05) is 31.4 Å². The van der Waals surface area contributed by atoms with Gasteiger partial charge in [-0.2, -0.15) is 0 Å². The molecule has 0 aliphatic carbocycles. The fourth-order valence-electron chi connectivity index (χ4n) is 2.87. The molecule has 1 aliphatic rings. The summed E-state index contributed by atoms with van der Waals surface area (Å²) in [6.07, 6.45) is 2.08. The number of hydrogen-bond donors (Lipinski definition) is 0. The van der Waals surface area contributed by atoms with Gasteiger partial charge in [-0.3, -0.25) is 0 Å². The van der Waals surface area contributed by atoms with Gasteiger partial charge in [0.2, 0.25) is 0 Å². The van der Waals surface area contributed by atoms with E-state index in [9.17, 15) is 4.39 Å². The second-order valence-electron chi connectivity index (χ2n) is 5.41. The maximum atomic E-state index is 14.7. The monoisotopic (exact) mass is 495 g/mol. The summed E-state index contributed by atoms with van der Waals surface area (Å²) >= 11 is 5.81. The highest BCUT2D eigenvalue weighted by Gasteiger charge is 2.27. The van der Waals surface area contributed by atoms with Gasteiger partial charge in [-0.1, -0.05) is 43.0 Å². The third kappa shape index (κ3) is 3.09. The average Bonchev–Trinajstić information content (AvgIpc) is 2.58. The van der Waals surface area contributed by atoms with E-state index in [1.54, 1.807) is 6.07 Å². The van der Waals surface area contributed by atoms with Crippen LogP contribution in [0.5, 0.6) is 0 Å². The third-order valence-corrected chi connectivity index (χ3v) is 5.59. The minimum atomic E-state index is -0.246. The Morgan fingerprint density at radius 1 is 1.12 bits per heavy atom. The number of benzene rings is 2. The lowest BCUT2D eigenvalue weighted by Gasteiger charge is -2.34. The van der Waals surface area contributed by atoms with E-state index in [1.807, 2.05) is 36.4 Å². The Bertz CT molecular complexity index is 835. The van der Waals surface area contributed by atoms with E-state index in [4.69, 9.17) is 0 Å². The van der Waals surface area contributed by atoms with Crippen molar-refractivity contribution in [3.05, 3.63) is 91.9 Å². The first-order chi connectivity index (χ1) is 11.5. The summed E-state index contributed by atoms with van der Waals surface area (Å²) in [7, 11) is 0. The third-order valence-electron chi connectivity index (χ3n) is 4.00. The lowest BCUT2D eigenvalue weighted by molar-refractivity contribution is 0.523. The second kappa shape index (κ2) is 7.23. The summed E-state index contributed by atoms with van der Waals surface area (Å²) in [5.41, 5.74) is 4.37. The molecule has 1 aliphatic heterocycles. The van der Waals surface area contributed by atoms with Gasteiger partial charge in [0.25, 0.3) is 0 Å². The van der Waals surface area contributed by atoms with Gasteiger partial charge in [0.15, 0.2) is 0 Å². The Morgan fingerprint density at radius 2 is 1.83 bits per heavy atom. The number of likely N-dealkylation sites (N-methyl/N-ethyl adjacent to an activating group) is 1. The first-order valence-electron chi connectivity index (χ1n) is 7.62. The van der Waals surface area contributed by atoms with Crippen molar-refractivity contribution in [2.45, 2.75) is 6.92 Å². The van der Waals surface area contributed by atoms with E-state index >= 15 is 0 Å². The van der Waals surface area contributed by atoms with Crippen LogP contribution in [0.2, 0.25) is 0 Å². The first kappa shape index (κ1) is 17.4. The van der Waals surface area contributed by atoms with Gasteiger partial charge in [0.05, 0.1) is 5.70 Å². The smallest absolute Gasteiger partial charge is 0.133 e. The molecule has 2 aromatic carbocycles. The van der Waals surface area contributed by atoms with Gasteiger partial charge in [-0.05, 0) is 69.2 Å². The number of allylic oxidation sites excluding steroid dienone is 3. The highest BCUT2D eigenvalue weighted by atomic mass is 127. The molecule has 1 nitrogen and oxygen atoms in total. The molecule has 0 unspecified atom stereocenters. The maximum absolute atomic E-state index is 14.7. The Balaban J connectivity index is 2.37. The zero-order valence-corrected chi connectivity index (χ0v) is 16.9. The predicted octanol–water partition coefficient (Wildman–Crippen LogP) is 6.62. The lowest BCUT2D eigenvalue weighted by Crippen LogP contribution is -2.25. The standard InChI is InChI=1S/C20H16BrFIN/c1-3-24-13(2)18(23)12-15(14-8-5-4-6-9-14)20(24)19-16(21)10-7-11-17(19)22/h4-12H,2-3H2,1H3. The largest absolute Gasteiger partial charge is 0.340 e. The van der Waals surface area contributed by atoms with Gasteiger partial charge >= 0.3 is 0 Å². The molecule has 1 heterocycles. The minimum absolute atomic E-state index is 0.246. The van der Waals surface area contributed by atoms with Gasteiger partial charge < -0.3 is 4.90 Å². The zero-order valence-electron chi connectivity index (χ0n) is 13.2. The molecular weight excluding hydrogens is 480 g/mol. The van der Waals surface area contributed by atoms with Crippen molar-refractivity contribution in [3.8, 4) is 0 Å². The first-order valence-corrected chi connectivity index (χ1v) is 9.49. The van der Waals surface area contributed by atoms with Crippen LogP contribution in [0.3, 0.4) is 0 Å². The summed E-state index contributed by atoms with van der Waals surface area (Å²) in [5, 5.41) is 0. The van der Waals surface area contributed by atoms with Crippen LogP contribution in [0.25, 0.3) is 11.3 Å².